The van der Waals surface area contributed by atoms with Crippen LogP contribution in [0, 0.1) is 0 Å². The second-order valence-electron chi connectivity index (χ2n) is 8.20. The second-order valence-corrected chi connectivity index (χ2v) is 8.20. The second kappa shape index (κ2) is 10.1. The number of nitrogens with zero attached hydrogens (tertiary/aromatic N) is 6. The van der Waals surface area contributed by atoms with E-state index in [2.05, 4.69) is 51.6 Å². The van der Waals surface area contributed by atoms with Gasteiger partial charge >= 0.3 is 0 Å². The molecule has 2 N–H and O–H groups in total. The Morgan fingerprint density at radius 2 is 1.32 bits per heavy atom. The third-order valence-electron chi connectivity index (χ3n) is 4.80. The van der Waals surface area contributed by atoms with Gasteiger partial charge in [-0.15, -0.1) is 0 Å². The zero-order chi connectivity index (χ0) is 22.4. The monoisotopic (exact) mass is 420 g/mol. The van der Waals surface area contributed by atoms with Crippen molar-refractivity contribution in [3.05, 3.63) is 59.5 Å². The lowest BCUT2D eigenvalue weighted by Gasteiger charge is -2.15. The van der Waals surface area contributed by atoms with Gasteiger partial charge < -0.3 is 20.4 Å². The maximum Gasteiger partial charge on any atom is 0.225 e. The van der Waals surface area contributed by atoms with Gasteiger partial charge in [0.2, 0.25) is 5.95 Å². The highest BCUT2D eigenvalue weighted by Gasteiger charge is 2.09. The van der Waals surface area contributed by atoms with Crippen molar-refractivity contribution in [1.82, 2.24) is 19.9 Å². The first-order valence-electron chi connectivity index (χ1n) is 10.4. The Labute approximate surface area is 184 Å². The Bertz CT molecular complexity index is 927. The fourth-order valence-electron chi connectivity index (χ4n) is 2.94. The number of pyridine rings is 2. The summed E-state index contributed by atoms with van der Waals surface area (Å²) in [6.07, 6.45) is 3.65. The Kier molecular flexibility index (Phi) is 7.23. The van der Waals surface area contributed by atoms with Crippen molar-refractivity contribution in [2.45, 2.75) is 32.9 Å². The van der Waals surface area contributed by atoms with Crippen LogP contribution in [0.1, 0.15) is 36.6 Å². The van der Waals surface area contributed by atoms with Crippen molar-refractivity contribution in [1.29, 1.82) is 0 Å². The van der Waals surface area contributed by atoms with Crippen LogP contribution < -0.4 is 20.4 Å². The number of nitrogens with one attached hydrogen (secondary N) is 2. The summed E-state index contributed by atoms with van der Waals surface area (Å²) in [6.45, 7) is 5.55. The predicted octanol–water partition coefficient (Wildman–Crippen LogP) is 3.75. The molecule has 164 valence electrons. The van der Waals surface area contributed by atoms with Gasteiger partial charge in [0.25, 0.3) is 0 Å². The van der Waals surface area contributed by atoms with Gasteiger partial charge in [-0.1, -0.05) is 13.8 Å². The molecule has 0 unspecified atom stereocenters. The van der Waals surface area contributed by atoms with Crippen molar-refractivity contribution in [3.8, 4) is 0 Å². The van der Waals surface area contributed by atoms with Gasteiger partial charge in [0.1, 0.15) is 17.5 Å². The highest BCUT2D eigenvalue weighted by molar-refractivity contribution is 5.46. The average Bonchev–Trinajstić information content (AvgIpc) is 2.76. The number of rotatable bonds is 9. The first-order chi connectivity index (χ1) is 14.8. The van der Waals surface area contributed by atoms with E-state index in [1.807, 2.05) is 68.6 Å². The van der Waals surface area contributed by atoms with Crippen molar-refractivity contribution in [2.24, 2.45) is 0 Å². The molecule has 3 heterocycles. The fraction of sp³-hybridized carbons (Fsp3) is 0.391. The van der Waals surface area contributed by atoms with Crippen LogP contribution in [-0.2, 0) is 13.1 Å². The van der Waals surface area contributed by atoms with Crippen LogP contribution in [0.15, 0.2) is 42.7 Å². The van der Waals surface area contributed by atoms with Crippen molar-refractivity contribution < 1.29 is 0 Å². The smallest absolute Gasteiger partial charge is 0.225 e. The number of hydrogen-bond acceptors (Lipinski definition) is 8. The molecule has 0 aromatic carbocycles. The first-order valence-corrected chi connectivity index (χ1v) is 10.4. The van der Waals surface area contributed by atoms with Crippen LogP contribution in [0.3, 0.4) is 0 Å². The molecule has 0 atom stereocenters. The topological polar surface area (TPSA) is 82.1 Å². The molecule has 8 heteroatoms. The lowest BCUT2D eigenvalue weighted by Crippen LogP contribution is -2.13. The SMILES string of the molecule is CC(C)c1cc(NCc2ccnc(N(C)C)c2)nc(NCc2ccnc(N(C)C)c2)n1. The summed E-state index contributed by atoms with van der Waals surface area (Å²) < 4.78 is 0. The summed E-state index contributed by atoms with van der Waals surface area (Å²) in [5.74, 6) is 3.56. The Morgan fingerprint density at radius 1 is 0.774 bits per heavy atom. The molecule has 3 aromatic heterocycles. The molecular formula is C23H32N8. The Morgan fingerprint density at radius 3 is 1.84 bits per heavy atom. The lowest BCUT2D eigenvalue weighted by molar-refractivity contribution is 0.813. The summed E-state index contributed by atoms with van der Waals surface area (Å²) in [6, 6.07) is 10.2. The van der Waals surface area contributed by atoms with Gasteiger partial charge in [0, 0.05) is 59.7 Å². The first kappa shape index (κ1) is 22.3. The van der Waals surface area contributed by atoms with Crippen LogP contribution in [0.4, 0.5) is 23.4 Å². The number of hydrogen-bond donors (Lipinski definition) is 2. The Hall–Kier alpha value is -3.42. The van der Waals surface area contributed by atoms with Gasteiger partial charge in [0.05, 0.1) is 5.69 Å². The van der Waals surface area contributed by atoms with E-state index in [0.29, 0.717) is 25.0 Å². The molecular weight excluding hydrogens is 388 g/mol. The van der Waals surface area contributed by atoms with E-state index in [1.54, 1.807) is 0 Å². The molecule has 0 saturated carbocycles. The number of anilines is 4. The molecule has 0 bridgehead atoms. The molecule has 0 aliphatic carbocycles. The van der Waals surface area contributed by atoms with E-state index in [0.717, 1.165) is 34.3 Å². The normalized spacial score (nSPS) is 10.8. The zero-order valence-corrected chi connectivity index (χ0v) is 19.2. The van der Waals surface area contributed by atoms with Crippen molar-refractivity contribution in [3.63, 3.8) is 0 Å². The zero-order valence-electron chi connectivity index (χ0n) is 19.2. The third-order valence-corrected chi connectivity index (χ3v) is 4.80. The van der Waals surface area contributed by atoms with E-state index in [-0.39, 0.29) is 0 Å². The maximum absolute atomic E-state index is 4.69. The maximum atomic E-state index is 4.69. The van der Waals surface area contributed by atoms with Crippen LogP contribution in [0.2, 0.25) is 0 Å². The molecule has 0 radical (unpaired) electrons. The molecule has 0 spiro atoms. The van der Waals surface area contributed by atoms with Crippen molar-refractivity contribution in [2.75, 3.05) is 48.6 Å². The van der Waals surface area contributed by atoms with Gasteiger partial charge in [-0.25, -0.2) is 15.0 Å². The average molecular weight is 421 g/mol. The van der Waals surface area contributed by atoms with E-state index in [9.17, 15) is 0 Å². The van der Waals surface area contributed by atoms with E-state index >= 15 is 0 Å². The largest absolute Gasteiger partial charge is 0.366 e. The van der Waals surface area contributed by atoms with Crippen LogP contribution in [0.25, 0.3) is 0 Å². The molecule has 0 aliphatic heterocycles. The van der Waals surface area contributed by atoms with Crippen LogP contribution in [-0.4, -0.2) is 48.1 Å². The van der Waals surface area contributed by atoms with Crippen molar-refractivity contribution >= 4 is 23.4 Å². The summed E-state index contributed by atoms with van der Waals surface area (Å²) in [7, 11) is 7.94. The molecule has 3 aromatic rings. The fourth-order valence-corrected chi connectivity index (χ4v) is 2.94. The molecule has 8 nitrogen and oxygen atoms in total. The van der Waals surface area contributed by atoms with Crippen LogP contribution >= 0.6 is 0 Å². The Balaban J connectivity index is 1.73. The van der Waals surface area contributed by atoms with Gasteiger partial charge in [0.15, 0.2) is 0 Å². The molecule has 0 aliphatic rings. The highest BCUT2D eigenvalue weighted by atomic mass is 15.2. The van der Waals surface area contributed by atoms with Gasteiger partial charge in [-0.05, 0) is 41.3 Å². The molecule has 31 heavy (non-hydrogen) atoms. The van der Waals surface area contributed by atoms with Gasteiger partial charge in [-0.2, -0.15) is 4.98 Å². The quantitative estimate of drug-likeness (QED) is 0.542. The highest BCUT2D eigenvalue weighted by Crippen LogP contribution is 2.20. The predicted molar refractivity (Wildman–Crippen MR) is 128 cm³/mol. The molecule has 3 rings (SSSR count). The third kappa shape index (κ3) is 6.28. The van der Waals surface area contributed by atoms with Crippen LogP contribution in [0.5, 0.6) is 0 Å². The standard InChI is InChI=1S/C23H32N8/c1-16(2)19-13-20(26-14-17-7-9-24-21(11-17)30(3)4)29-23(28-19)27-15-18-8-10-25-22(12-18)31(5)6/h7-13,16H,14-15H2,1-6H3,(H2,26,27,28,29). The minimum atomic E-state index is 0.298. The van der Waals surface area contributed by atoms with E-state index in [4.69, 9.17) is 4.98 Å². The van der Waals surface area contributed by atoms with E-state index < -0.39 is 0 Å². The number of aromatic nitrogens is 4. The summed E-state index contributed by atoms with van der Waals surface area (Å²) in [4.78, 5) is 22.1. The molecule has 0 saturated heterocycles. The van der Waals surface area contributed by atoms with Gasteiger partial charge in [-0.3, -0.25) is 0 Å². The van der Waals surface area contributed by atoms with E-state index in [1.165, 1.54) is 0 Å². The summed E-state index contributed by atoms with van der Waals surface area (Å²) >= 11 is 0. The minimum Gasteiger partial charge on any atom is -0.366 e. The summed E-state index contributed by atoms with van der Waals surface area (Å²) in [5.41, 5.74) is 3.26. The molecule has 0 amide bonds. The minimum absolute atomic E-state index is 0.298. The summed E-state index contributed by atoms with van der Waals surface area (Å²) in [5, 5.41) is 6.79. The lowest BCUT2D eigenvalue weighted by atomic mass is 10.1. The molecule has 0 fully saturated rings.